The van der Waals surface area contributed by atoms with Gasteiger partial charge in [0.2, 0.25) is 5.91 Å². The van der Waals surface area contributed by atoms with E-state index >= 15 is 0 Å². The zero-order chi connectivity index (χ0) is 14.8. The maximum absolute atomic E-state index is 12.8. The Balaban J connectivity index is 2.09. The van der Waals surface area contributed by atoms with Crippen LogP contribution >= 0.6 is 0 Å². The van der Waals surface area contributed by atoms with Crippen molar-refractivity contribution in [3.05, 3.63) is 35.4 Å². The second-order valence-electron chi connectivity index (χ2n) is 6.45. The average molecular weight is 274 g/mol. The van der Waals surface area contributed by atoms with Crippen LogP contribution in [-0.4, -0.2) is 37.5 Å². The van der Waals surface area contributed by atoms with Crippen LogP contribution in [0.2, 0.25) is 0 Å². The van der Waals surface area contributed by atoms with Crippen LogP contribution in [0.5, 0.6) is 0 Å². The maximum atomic E-state index is 12.8. The number of hydrogen-bond acceptors (Lipinski definition) is 2. The molecule has 1 aromatic rings. The van der Waals surface area contributed by atoms with Gasteiger partial charge in [-0.2, -0.15) is 0 Å². The molecule has 3 nitrogen and oxygen atoms in total. The van der Waals surface area contributed by atoms with Gasteiger partial charge in [-0.25, -0.2) is 0 Å². The average Bonchev–Trinajstić information content (AvgIpc) is 2.87. The quantitative estimate of drug-likeness (QED) is 0.914. The van der Waals surface area contributed by atoms with Crippen LogP contribution in [0.25, 0.3) is 0 Å². The molecule has 1 fully saturated rings. The molecule has 1 aliphatic heterocycles. The molecule has 0 spiro atoms. The van der Waals surface area contributed by atoms with E-state index in [-0.39, 0.29) is 5.91 Å². The molecule has 1 aromatic carbocycles. The van der Waals surface area contributed by atoms with E-state index in [1.165, 1.54) is 5.56 Å². The van der Waals surface area contributed by atoms with Gasteiger partial charge in [-0.1, -0.05) is 29.8 Å². The zero-order valence-corrected chi connectivity index (χ0v) is 13.1. The van der Waals surface area contributed by atoms with E-state index in [1.54, 1.807) is 0 Å². The fourth-order valence-electron chi connectivity index (χ4n) is 2.96. The minimum absolute atomic E-state index is 0.250. The van der Waals surface area contributed by atoms with Crippen LogP contribution < -0.4 is 5.32 Å². The molecule has 1 heterocycles. The lowest BCUT2D eigenvalue weighted by molar-refractivity contribution is -0.135. The molecule has 1 aliphatic rings. The molecular formula is C17H26N2O. The topological polar surface area (TPSA) is 32.3 Å². The molecule has 1 saturated heterocycles. The van der Waals surface area contributed by atoms with Crippen molar-refractivity contribution < 1.29 is 4.79 Å². The first-order valence-corrected chi connectivity index (χ1v) is 7.46. The Morgan fingerprint density at radius 2 is 2.00 bits per heavy atom. The van der Waals surface area contributed by atoms with Gasteiger partial charge >= 0.3 is 0 Å². The van der Waals surface area contributed by atoms with Gasteiger partial charge in [0.15, 0.2) is 0 Å². The lowest BCUT2D eigenvalue weighted by Crippen LogP contribution is -2.42. The number of rotatable bonds is 4. The highest BCUT2D eigenvalue weighted by atomic mass is 16.2. The predicted molar refractivity (Wildman–Crippen MR) is 82.8 cm³/mol. The van der Waals surface area contributed by atoms with Crippen molar-refractivity contribution in [2.45, 2.75) is 32.6 Å². The lowest BCUT2D eigenvalue weighted by Gasteiger charge is -2.30. The summed E-state index contributed by atoms with van der Waals surface area (Å²) < 4.78 is 0. The Bertz CT molecular complexity index is 464. The molecule has 110 valence electrons. The Labute approximate surface area is 122 Å². The SMILES string of the molecule is CNCC1CCN(C(=O)C(C)(C)c2ccc(C)cc2)C1. The highest BCUT2D eigenvalue weighted by Crippen LogP contribution is 2.28. The largest absolute Gasteiger partial charge is 0.342 e. The Morgan fingerprint density at radius 1 is 1.35 bits per heavy atom. The van der Waals surface area contributed by atoms with Crippen molar-refractivity contribution in [3.8, 4) is 0 Å². The van der Waals surface area contributed by atoms with E-state index in [0.717, 1.165) is 31.6 Å². The second kappa shape index (κ2) is 5.96. The first-order chi connectivity index (χ1) is 9.45. The first-order valence-electron chi connectivity index (χ1n) is 7.46. The van der Waals surface area contributed by atoms with E-state index in [2.05, 4.69) is 36.5 Å². The van der Waals surface area contributed by atoms with E-state index < -0.39 is 5.41 Å². The molecule has 1 atom stereocenters. The van der Waals surface area contributed by atoms with E-state index in [9.17, 15) is 4.79 Å². The fourth-order valence-corrected chi connectivity index (χ4v) is 2.96. The molecule has 1 N–H and O–H groups in total. The number of carbonyl (C=O) groups excluding carboxylic acids is 1. The van der Waals surface area contributed by atoms with Gasteiger partial charge in [-0.05, 0) is 52.3 Å². The number of aryl methyl sites for hydroxylation is 1. The van der Waals surface area contributed by atoms with Crippen molar-refractivity contribution in [1.29, 1.82) is 0 Å². The number of amides is 1. The monoisotopic (exact) mass is 274 g/mol. The molecule has 0 aromatic heterocycles. The zero-order valence-electron chi connectivity index (χ0n) is 13.1. The second-order valence-corrected chi connectivity index (χ2v) is 6.45. The summed E-state index contributed by atoms with van der Waals surface area (Å²) in [7, 11) is 1.97. The summed E-state index contributed by atoms with van der Waals surface area (Å²) in [6.07, 6.45) is 1.11. The van der Waals surface area contributed by atoms with Crippen LogP contribution in [0.15, 0.2) is 24.3 Å². The van der Waals surface area contributed by atoms with Crippen molar-refractivity contribution in [2.75, 3.05) is 26.7 Å². The van der Waals surface area contributed by atoms with Crippen molar-refractivity contribution >= 4 is 5.91 Å². The van der Waals surface area contributed by atoms with Crippen molar-refractivity contribution in [3.63, 3.8) is 0 Å². The Kier molecular flexibility index (Phi) is 4.48. The predicted octanol–water partition coefficient (Wildman–Crippen LogP) is 2.34. The third kappa shape index (κ3) is 3.04. The fraction of sp³-hybridized carbons (Fsp3) is 0.588. The highest BCUT2D eigenvalue weighted by Gasteiger charge is 2.36. The molecule has 1 amide bonds. The molecule has 20 heavy (non-hydrogen) atoms. The Morgan fingerprint density at radius 3 is 2.60 bits per heavy atom. The lowest BCUT2D eigenvalue weighted by atomic mass is 9.83. The van der Waals surface area contributed by atoms with Crippen LogP contribution in [0.4, 0.5) is 0 Å². The van der Waals surface area contributed by atoms with Gasteiger partial charge in [-0.15, -0.1) is 0 Å². The Hall–Kier alpha value is -1.35. The number of nitrogens with one attached hydrogen (secondary N) is 1. The summed E-state index contributed by atoms with van der Waals surface area (Å²) in [4.78, 5) is 14.8. The van der Waals surface area contributed by atoms with Crippen molar-refractivity contribution in [1.82, 2.24) is 10.2 Å². The number of nitrogens with zero attached hydrogens (tertiary/aromatic N) is 1. The van der Waals surface area contributed by atoms with Crippen LogP contribution in [0.1, 0.15) is 31.4 Å². The van der Waals surface area contributed by atoms with Gasteiger partial charge < -0.3 is 10.2 Å². The molecule has 1 unspecified atom stereocenters. The van der Waals surface area contributed by atoms with Gasteiger partial charge in [0.05, 0.1) is 5.41 Å². The van der Waals surface area contributed by atoms with E-state index in [4.69, 9.17) is 0 Å². The van der Waals surface area contributed by atoms with Gasteiger partial charge in [0.1, 0.15) is 0 Å². The number of carbonyl (C=O) groups is 1. The number of hydrogen-bond donors (Lipinski definition) is 1. The summed E-state index contributed by atoms with van der Waals surface area (Å²) in [5, 5.41) is 3.21. The number of benzene rings is 1. The highest BCUT2D eigenvalue weighted by molar-refractivity contribution is 5.87. The molecular weight excluding hydrogens is 248 g/mol. The smallest absolute Gasteiger partial charge is 0.232 e. The summed E-state index contributed by atoms with van der Waals surface area (Å²) >= 11 is 0. The molecule has 0 radical (unpaired) electrons. The third-order valence-corrected chi connectivity index (χ3v) is 4.37. The molecule has 0 saturated carbocycles. The summed E-state index contributed by atoms with van der Waals surface area (Å²) in [5.41, 5.74) is 1.89. The van der Waals surface area contributed by atoms with Crippen LogP contribution in [0.3, 0.4) is 0 Å². The summed E-state index contributed by atoms with van der Waals surface area (Å²) in [5.74, 6) is 0.845. The van der Waals surface area contributed by atoms with E-state index in [0.29, 0.717) is 5.92 Å². The van der Waals surface area contributed by atoms with Gasteiger partial charge in [0.25, 0.3) is 0 Å². The summed E-state index contributed by atoms with van der Waals surface area (Å²) in [6, 6.07) is 8.32. The molecule has 3 heteroatoms. The third-order valence-electron chi connectivity index (χ3n) is 4.37. The summed E-state index contributed by atoms with van der Waals surface area (Å²) in [6.45, 7) is 8.91. The minimum Gasteiger partial charge on any atom is -0.342 e. The molecule has 0 aliphatic carbocycles. The van der Waals surface area contributed by atoms with Gasteiger partial charge in [-0.3, -0.25) is 4.79 Å². The van der Waals surface area contributed by atoms with Crippen molar-refractivity contribution in [2.24, 2.45) is 5.92 Å². The van der Waals surface area contributed by atoms with Crippen LogP contribution in [-0.2, 0) is 10.2 Å². The van der Waals surface area contributed by atoms with Gasteiger partial charge in [0, 0.05) is 13.1 Å². The first kappa shape index (κ1) is 15.0. The minimum atomic E-state index is -0.442. The molecule has 0 bridgehead atoms. The number of likely N-dealkylation sites (tertiary alicyclic amines) is 1. The maximum Gasteiger partial charge on any atom is 0.232 e. The standard InChI is InChI=1S/C17H26N2O/c1-13-5-7-15(8-6-13)17(2,3)16(20)19-10-9-14(12-19)11-18-4/h5-8,14,18H,9-12H2,1-4H3. The normalized spacial score (nSPS) is 19.4. The van der Waals surface area contributed by atoms with Crippen LogP contribution in [0, 0.1) is 12.8 Å². The van der Waals surface area contributed by atoms with E-state index in [1.807, 2.05) is 25.8 Å². The molecule has 2 rings (SSSR count).